The lowest BCUT2D eigenvalue weighted by molar-refractivity contribution is 0.244. The zero-order valence-electron chi connectivity index (χ0n) is 13.1. The number of amides is 2. The van der Waals surface area contributed by atoms with Gasteiger partial charge in [-0.3, -0.25) is 0 Å². The summed E-state index contributed by atoms with van der Waals surface area (Å²) < 4.78 is 22.3. The van der Waals surface area contributed by atoms with Crippen molar-refractivity contribution in [3.63, 3.8) is 0 Å². The lowest BCUT2D eigenvalue weighted by atomic mass is 10.1. The van der Waals surface area contributed by atoms with E-state index in [2.05, 4.69) is 24.5 Å². The molecule has 0 unspecified atom stereocenters. The van der Waals surface area contributed by atoms with Crippen molar-refractivity contribution in [2.24, 2.45) is 11.1 Å². The molecule has 2 amide bonds. The molecule has 0 aromatic heterocycles. The number of carbonyl (C=O) groups excluding carboxylic acids is 1. The average molecular weight is 325 g/mol. The predicted octanol–water partition coefficient (Wildman–Crippen LogP) is 1.74. The van der Waals surface area contributed by atoms with Crippen LogP contribution in [-0.2, 0) is 16.4 Å². The van der Waals surface area contributed by atoms with Gasteiger partial charge in [0.1, 0.15) is 0 Å². The molecule has 0 atom stereocenters. The van der Waals surface area contributed by atoms with Gasteiger partial charge in [0, 0.05) is 12.7 Å². The Balaban J connectivity index is 2.41. The standard InChI is InChI=1S/C15H23N3O3S/c1-11(2)12(3)10-18-15(19)17-9-8-13-4-6-14(7-5-13)22(16,20)21/h4-7,10-11H,8-9H2,1-3H3,(H2,16,20,21)(H2,17,18,19)/b12-10+. The SMILES string of the molecule is C/C(=C\NC(=O)NCCc1ccc(S(N)(=O)=O)cc1)C(C)C. The lowest BCUT2D eigenvalue weighted by Crippen LogP contribution is -2.33. The second-order valence-corrected chi connectivity index (χ2v) is 6.94. The number of allylic oxidation sites excluding steroid dienone is 1. The van der Waals surface area contributed by atoms with E-state index in [1.54, 1.807) is 18.3 Å². The maximum absolute atomic E-state index is 11.6. The van der Waals surface area contributed by atoms with Crippen LogP contribution in [0.2, 0.25) is 0 Å². The molecule has 0 spiro atoms. The highest BCUT2D eigenvalue weighted by molar-refractivity contribution is 7.89. The minimum Gasteiger partial charge on any atom is -0.338 e. The van der Waals surface area contributed by atoms with Crippen molar-refractivity contribution in [1.82, 2.24) is 10.6 Å². The third-order valence-electron chi connectivity index (χ3n) is 3.29. The summed E-state index contributed by atoms with van der Waals surface area (Å²) in [6.07, 6.45) is 2.30. The van der Waals surface area contributed by atoms with Gasteiger partial charge in [0.25, 0.3) is 0 Å². The van der Waals surface area contributed by atoms with Gasteiger partial charge in [-0.15, -0.1) is 0 Å². The number of primary sulfonamides is 1. The molecule has 122 valence electrons. The van der Waals surface area contributed by atoms with Gasteiger partial charge in [0.2, 0.25) is 10.0 Å². The third kappa shape index (κ3) is 6.28. The Morgan fingerprint density at radius 2 is 1.86 bits per heavy atom. The topological polar surface area (TPSA) is 101 Å². The van der Waals surface area contributed by atoms with Crippen molar-refractivity contribution in [1.29, 1.82) is 0 Å². The molecule has 22 heavy (non-hydrogen) atoms. The molecular weight excluding hydrogens is 302 g/mol. The largest absolute Gasteiger partial charge is 0.338 e. The molecule has 0 aliphatic rings. The highest BCUT2D eigenvalue weighted by Gasteiger charge is 2.06. The molecule has 0 saturated heterocycles. The zero-order valence-corrected chi connectivity index (χ0v) is 13.9. The van der Waals surface area contributed by atoms with Crippen LogP contribution in [0.5, 0.6) is 0 Å². The number of hydrogen-bond donors (Lipinski definition) is 3. The van der Waals surface area contributed by atoms with Crippen LogP contribution in [-0.4, -0.2) is 21.0 Å². The van der Waals surface area contributed by atoms with E-state index >= 15 is 0 Å². The van der Waals surface area contributed by atoms with Crippen LogP contribution >= 0.6 is 0 Å². The van der Waals surface area contributed by atoms with E-state index in [1.165, 1.54) is 12.1 Å². The van der Waals surface area contributed by atoms with E-state index in [-0.39, 0.29) is 10.9 Å². The number of urea groups is 1. The summed E-state index contributed by atoms with van der Waals surface area (Å²) in [5, 5.41) is 10.4. The van der Waals surface area contributed by atoms with E-state index in [0.29, 0.717) is 18.9 Å². The summed E-state index contributed by atoms with van der Waals surface area (Å²) in [6.45, 7) is 6.51. The molecule has 0 bridgehead atoms. The Labute approximate surface area is 131 Å². The van der Waals surface area contributed by atoms with E-state index < -0.39 is 10.0 Å². The van der Waals surface area contributed by atoms with Crippen LogP contribution in [0.15, 0.2) is 40.9 Å². The van der Waals surface area contributed by atoms with Crippen molar-refractivity contribution < 1.29 is 13.2 Å². The van der Waals surface area contributed by atoms with Gasteiger partial charge in [-0.1, -0.05) is 31.6 Å². The molecule has 1 aromatic rings. The lowest BCUT2D eigenvalue weighted by Gasteiger charge is -2.08. The molecule has 0 aliphatic carbocycles. The molecule has 6 nitrogen and oxygen atoms in total. The maximum Gasteiger partial charge on any atom is 0.318 e. The number of carbonyl (C=O) groups is 1. The van der Waals surface area contributed by atoms with Crippen molar-refractivity contribution in [2.75, 3.05) is 6.54 Å². The smallest absolute Gasteiger partial charge is 0.318 e. The van der Waals surface area contributed by atoms with Gasteiger partial charge >= 0.3 is 6.03 Å². The minimum absolute atomic E-state index is 0.0799. The number of hydrogen-bond acceptors (Lipinski definition) is 3. The fourth-order valence-corrected chi connectivity index (χ4v) is 2.08. The predicted molar refractivity (Wildman–Crippen MR) is 86.6 cm³/mol. The van der Waals surface area contributed by atoms with Crippen molar-refractivity contribution in [2.45, 2.75) is 32.1 Å². The number of nitrogens with one attached hydrogen (secondary N) is 2. The first-order chi connectivity index (χ1) is 10.2. The van der Waals surface area contributed by atoms with E-state index in [1.807, 2.05) is 6.92 Å². The number of sulfonamides is 1. The molecule has 4 N–H and O–H groups in total. The molecule has 0 aliphatic heterocycles. The van der Waals surface area contributed by atoms with Gasteiger partial charge in [0.15, 0.2) is 0 Å². The van der Waals surface area contributed by atoms with Gasteiger partial charge in [-0.25, -0.2) is 18.4 Å². The summed E-state index contributed by atoms with van der Waals surface area (Å²) in [5.74, 6) is 0.387. The Hall–Kier alpha value is -1.86. The maximum atomic E-state index is 11.6. The Morgan fingerprint density at radius 1 is 1.27 bits per heavy atom. The fourth-order valence-electron chi connectivity index (χ4n) is 1.56. The highest BCUT2D eigenvalue weighted by atomic mass is 32.2. The van der Waals surface area contributed by atoms with Gasteiger partial charge in [0.05, 0.1) is 4.90 Å². The molecule has 0 saturated carbocycles. The number of benzene rings is 1. The molecule has 0 fully saturated rings. The van der Waals surface area contributed by atoms with Crippen LogP contribution in [0.1, 0.15) is 26.3 Å². The van der Waals surface area contributed by atoms with Crippen LogP contribution in [0.3, 0.4) is 0 Å². The van der Waals surface area contributed by atoms with E-state index in [0.717, 1.165) is 11.1 Å². The van der Waals surface area contributed by atoms with E-state index in [9.17, 15) is 13.2 Å². The van der Waals surface area contributed by atoms with E-state index in [4.69, 9.17) is 5.14 Å². The summed E-state index contributed by atoms with van der Waals surface area (Å²) in [7, 11) is -3.66. The van der Waals surface area contributed by atoms with Crippen LogP contribution in [0, 0.1) is 5.92 Å². The van der Waals surface area contributed by atoms with Crippen molar-refractivity contribution in [3.8, 4) is 0 Å². The molecular formula is C15H23N3O3S. The zero-order chi connectivity index (χ0) is 16.8. The second-order valence-electron chi connectivity index (χ2n) is 5.38. The van der Waals surface area contributed by atoms with Crippen LogP contribution in [0.4, 0.5) is 4.79 Å². The summed E-state index contributed by atoms with van der Waals surface area (Å²) in [4.78, 5) is 11.7. The Morgan fingerprint density at radius 3 is 2.36 bits per heavy atom. The molecule has 0 radical (unpaired) electrons. The van der Waals surface area contributed by atoms with Crippen molar-refractivity contribution >= 4 is 16.1 Å². The summed E-state index contributed by atoms with van der Waals surface area (Å²) in [6, 6.07) is 6.02. The first-order valence-electron chi connectivity index (χ1n) is 7.03. The van der Waals surface area contributed by atoms with Gasteiger partial charge in [-0.05, 0) is 37.0 Å². The number of rotatable bonds is 6. The first kappa shape index (κ1) is 18.2. The summed E-state index contributed by atoms with van der Waals surface area (Å²) in [5.41, 5.74) is 2.01. The first-order valence-corrected chi connectivity index (χ1v) is 8.57. The number of nitrogens with two attached hydrogens (primary N) is 1. The molecule has 1 rings (SSSR count). The molecule has 0 heterocycles. The van der Waals surface area contributed by atoms with Gasteiger partial charge in [-0.2, -0.15) is 0 Å². The minimum atomic E-state index is -3.66. The molecule has 7 heteroatoms. The molecule has 1 aromatic carbocycles. The van der Waals surface area contributed by atoms with Gasteiger partial charge < -0.3 is 10.6 Å². The quantitative estimate of drug-likeness (QED) is 0.742. The average Bonchev–Trinajstić information content (AvgIpc) is 2.44. The fraction of sp³-hybridized carbons (Fsp3) is 0.400. The monoisotopic (exact) mass is 325 g/mol. The normalized spacial score (nSPS) is 12.3. The van der Waals surface area contributed by atoms with Crippen molar-refractivity contribution in [3.05, 3.63) is 41.6 Å². The Kier molecular flexibility index (Phi) is 6.58. The Bertz CT molecular complexity index is 635. The second kappa shape index (κ2) is 7.95. The summed E-state index contributed by atoms with van der Waals surface area (Å²) >= 11 is 0. The third-order valence-corrected chi connectivity index (χ3v) is 4.22. The van der Waals surface area contributed by atoms with Crippen LogP contribution < -0.4 is 15.8 Å². The highest BCUT2D eigenvalue weighted by Crippen LogP contribution is 2.09. The van der Waals surface area contributed by atoms with Crippen LogP contribution in [0.25, 0.3) is 0 Å².